The Morgan fingerprint density at radius 3 is 2.69 bits per heavy atom. The van der Waals surface area contributed by atoms with Gasteiger partial charge in [0.25, 0.3) is 0 Å². The average Bonchev–Trinajstić information content (AvgIpc) is 2.25. The molecule has 1 rings (SSSR count). The van der Waals surface area contributed by atoms with E-state index < -0.39 is 6.10 Å². The summed E-state index contributed by atoms with van der Waals surface area (Å²) in [5, 5.41) is 14.3. The van der Waals surface area contributed by atoms with Gasteiger partial charge >= 0.3 is 6.03 Å². The Balaban J connectivity index is 2.35. The monoisotopic (exact) mass is 222 g/mol. The van der Waals surface area contributed by atoms with Crippen LogP contribution in [-0.4, -0.2) is 23.8 Å². The van der Waals surface area contributed by atoms with Crippen LogP contribution >= 0.6 is 0 Å². The molecule has 4 heteroatoms. The second-order valence-electron chi connectivity index (χ2n) is 3.84. The van der Waals surface area contributed by atoms with Crippen molar-refractivity contribution in [1.82, 2.24) is 10.6 Å². The van der Waals surface area contributed by atoms with Gasteiger partial charge in [0.2, 0.25) is 0 Å². The Morgan fingerprint density at radius 1 is 1.38 bits per heavy atom. The summed E-state index contributed by atoms with van der Waals surface area (Å²) in [6, 6.07) is 7.63. The number of benzene rings is 1. The van der Waals surface area contributed by atoms with Gasteiger partial charge in [-0.25, -0.2) is 4.79 Å². The van der Waals surface area contributed by atoms with E-state index in [4.69, 9.17) is 5.11 Å². The van der Waals surface area contributed by atoms with E-state index in [2.05, 4.69) is 10.6 Å². The molecule has 0 fully saturated rings. The summed E-state index contributed by atoms with van der Waals surface area (Å²) in [6.45, 7) is 4.39. The van der Waals surface area contributed by atoms with Crippen LogP contribution in [0.2, 0.25) is 0 Å². The van der Waals surface area contributed by atoms with E-state index in [0.717, 1.165) is 11.1 Å². The van der Waals surface area contributed by atoms with Crippen molar-refractivity contribution in [3.05, 3.63) is 35.4 Å². The smallest absolute Gasteiger partial charge is 0.315 e. The highest BCUT2D eigenvalue weighted by molar-refractivity contribution is 5.73. The van der Waals surface area contributed by atoms with E-state index in [-0.39, 0.29) is 12.6 Å². The van der Waals surface area contributed by atoms with Crippen LogP contribution in [0.25, 0.3) is 0 Å². The van der Waals surface area contributed by atoms with E-state index in [1.54, 1.807) is 6.92 Å². The van der Waals surface area contributed by atoms with Gasteiger partial charge in [0.05, 0.1) is 6.10 Å². The Labute approximate surface area is 95.7 Å². The van der Waals surface area contributed by atoms with Gasteiger partial charge in [-0.3, -0.25) is 0 Å². The first-order chi connectivity index (χ1) is 7.59. The van der Waals surface area contributed by atoms with Gasteiger partial charge < -0.3 is 15.7 Å². The van der Waals surface area contributed by atoms with Gasteiger partial charge in [-0.2, -0.15) is 0 Å². The van der Waals surface area contributed by atoms with Crippen LogP contribution in [0.5, 0.6) is 0 Å². The zero-order valence-electron chi connectivity index (χ0n) is 9.66. The summed E-state index contributed by atoms with van der Waals surface area (Å²) in [7, 11) is 0. The van der Waals surface area contributed by atoms with Crippen LogP contribution in [0.3, 0.4) is 0 Å². The molecule has 3 N–H and O–H groups in total. The standard InChI is InChI=1S/C12H18N2O2/c1-9-5-3-4-6-11(9)8-14-12(16)13-7-10(2)15/h3-6,10,15H,7-8H2,1-2H3,(H2,13,14,16). The van der Waals surface area contributed by atoms with Crippen LogP contribution in [0, 0.1) is 6.92 Å². The van der Waals surface area contributed by atoms with Crippen molar-refractivity contribution in [2.24, 2.45) is 0 Å². The summed E-state index contributed by atoms with van der Waals surface area (Å²) in [5.41, 5.74) is 2.24. The lowest BCUT2D eigenvalue weighted by Crippen LogP contribution is -2.38. The molecule has 0 spiro atoms. The number of aryl methyl sites for hydroxylation is 1. The van der Waals surface area contributed by atoms with E-state index in [0.29, 0.717) is 6.54 Å². The van der Waals surface area contributed by atoms with Gasteiger partial charge in [-0.15, -0.1) is 0 Å². The fraction of sp³-hybridized carbons (Fsp3) is 0.417. The fourth-order valence-corrected chi connectivity index (χ4v) is 1.29. The van der Waals surface area contributed by atoms with Gasteiger partial charge in [-0.1, -0.05) is 24.3 Å². The maximum Gasteiger partial charge on any atom is 0.315 e. The van der Waals surface area contributed by atoms with Crippen LogP contribution < -0.4 is 10.6 Å². The van der Waals surface area contributed by atoms with Gasteiger partial charge in [0.15, 0.2) is 0 Å². The molecule has 88 valence electrons. The molecule has 1 aromatic rings. The van der Waals surface area contributed by atoms with Crippen LogP contribution in [0.15, 0.2) is 24.3 Å². The number of carbonyl (C=O) groups excluding carboxylic acids is 1. The summed E-state index contributed by atoms with van der Waals surface area (Å²) in [6.07, 6.45) is -0.524. The molecular formula is C12H18N2O2. The third-order valence-electron chi connectivity index (χ3n) is 2.26. The molecule has 2 amide bonds. The number of hydrogen-bond acceptors (Lipinski definition) is 2. The average molecular weight is 222 g/mol. The predicted molar refractivity (Wildman–Crippen MR) is 63.1 cm³/mol. The molecule has 16 heavy (non-hydrogen) atoms. The van der Waals surface area contributed by atoms with Gasteiger partial charge in [0, 0.05) is 13.1 Å². The first-order valence-electron chi connectivity index (χ1n) is 5.34. The van der Waals surface area contributed by atoms with Crippen LogP contribution in [-0.2, 0) is 6.54 Å². The Hall–Kier alpha value is -1.55. The molecular weight excluding hydrogens is 204 g/mol. The highest BCUT2D eigenvalue weighted by Gasteiger charge is 2.02. The van der Waals surface area contributed by atoms with E-state index >= 15 is 0 Å². The number of hydrogen-bond donors (Lipinski definition) is 3. The molecule has 0 heterocycles. The molecule has 1 unspecified atom stereocenters. The summed E-state index contributed by atoms with van der Waals surface area (Å²) < 4.78 is 0. The van der Waals surface area contributed by atoms with Crippen molar-refractivity contribution < 1.29 is 9.90 Å². The quantitative estimate of drug-likeness (QED) is 0.716. The molecule has 0 aliphatic heterocycles. The Kier molecular flexibility index (Phi) is 4.79. The van der Waals surface area contributed by atoms with Crippen molar-refractivity contribution in [1.29, 1.82) is 0 Å². The molecule has 1 aromatic carbocycles. The van der Waals surface area contributed by atoms with Gasteiger partial charge in [0.1, 0.15) is 0 Å². The maximum absolute atomic E-state index is 11.3. The lowest BCUT2D eigenvalue weighted by atomic mass is 10.1. The van der Waals surface area contributed by atoms with Crippen LogP contribution in [0.4, 0.5) is 4.79 Å². The molecule has 0 aromatic heterocycles. The van der Waals surface area contributed by atoms with Gasteiger partial charge in [-0.05, 0) is 25.0 Å². The summed E-state index contributed by atoms with van der Waals surface area (Å²) in [4.78, 5) is 11.3. The lowest BCUT2D eigenvalue weighted by molar-refractivity contribution is 0.187. The minimum Gasteiger partial charge on any atom is -0.392 e. The molecule has 0 saturated heterocycles. The first-order valence-corrected chi connectivity index (χ1v) is 5.34. The Bertz CT molecular complexity index is 351. The van der Waals surface area contributed by atoms with Crippen molar-refractivity contribution in [2.75, 3.05) is 6.54 Å². The number of urea groups is 1. The first kappa shape index (κ1) is 12.5. The molecule has 0 radical (unpaired) electrons. The summed E-state index contributed by atoms with van der Waals surface area (Å²) >= 11 is 0. The van der Waals surface area contributed by atoms with E-state index in [1.807, 2.05) is 31.2 Å². The number of rotatable bonds is 4. The lowest BCUT2D eigenvalue weighted by Gasteiger charge is -2.10. The fourth-order valence-electron chi connectivity index (χ4n) is 1.29. The number of aliphatic hydroxyl groups is 1. The normalized spacial score (nSPS) is 11.9. The molecule has 0 aliphatic carbocycles. The highest BCUT2D eigenvalue weighted by Crippen LogP contribution is 2.05. The second kappa shape index (κ2) is 6.12. The molecule has 0 bridgehead atoms. The minimum atomic E-state index is -0.524. The van der Waals surface area contributed by atoms with Crippen molar-refractivity contribution >= 4 is 6.03 Å². The van der Waals surface area contributed by atoms with Crippen molar-refractivity contribution in [3.63, 3.8) is 0 Å². The minimum absolute atomic E-state index is 0.260. The largest absolute Gasteiger partial charge is 0.392 e. The molecule has 0 aliphatic rings. The maximum atomic E-state index is 11.3. The summed E-state index contributed by atoms with van der Waals surface area (Å²) in [5.74, 6) is 0. The molecule has 4 nitrogen and oxygen atoms in total. The Morgan fingerprint density at radius 2 is 2.06 bits per heavy atom. The number of aliphatic hydroxyl groups excluding tert-OH is 1. The van der Waals surface area contributed by atoms with Crippen molar-refractivity contribution in [3.8, 4) is 0 Å². The topological polar surface area (TPSA) is 61.4 Å². The SMILES string of the molecule is Cc1ccccc1CNC(=O)NCC(C)O. The molecule has 0 saturated carbocycles. The second-order valence-corrected chi connectivity index (χ2v) is 3.84. The predicted octanol–water partition coefficient (Wildman–Crippen LogP) is 1.18. The van der Waals surface area contributed by atoms with Crippen LogP contribution in [0.1, 0.15) is 18.1 Å². The number of amides is 2. The number of nitrogens with one attached hydrogen (secondary N) is 2. The third-order valence-corrected chi connectivity index (χ3v) is 2.26. The van der Waals surface area contributed by atoms with E-state index in [9.17, 15) is 4.79 Å². The van der Waals surface area contributed by atoms with E-state index in [1.165, 1.54) is 0 Å². The zero-order chi connectivity index (χ0) is 12.0. The zero-order valence-corrected chi connectivity index (χ0v) is 9.66. The number of carbonyl (C=O) groups is 1. The van der Waals surface area contributed by atoms with Crippen molar-refractivity contribution in [2.45, 2.75) is 26.5 Å². The third kappa shape index (κ3) is 4.31. The molecule has 1 atom stereocenters. The highest BCUT2D eigenvalue weighted by atomic mass is 16.3.